The van der Waals surface area contributed by atoms with Crippen LogP contribution in [0.15, 0.2) is 84.3 Å². The Bertz CT molecular complexity index is 1260. The summed E-state index contributed by atoms with van der Waals surface area (Å²) < 4.78 is 2.07. The van der Waals surface area contributed by atoms with Gasteiger partial charge >= 0.3 is 0 Å². The second-order valence-corrected chi connectivity index (χ2v) is 9.58. The third kappa shape index (κ3) is 4.28. The molecule has 2 aromatic carbocycles. The van der Waals surface area contributed by atoms with Gasteiger partial charge < -0.3 is 4.90 Å². The predicted molar refractivity (Wildman–Crippen MR) is 131 cm³/mol. The maximum atomic E-state index is 13.5. The number of thioether (sulfide) groups is 1. The van der Waals surface area contributed by atoms with E-state index in [2.05, 4.69) is 44.9 Å². The first-order valence-corrected chi connectivity index (χ1v) is 11.9. The fourth-order valence-electron chi connectivity index (χ4n) is 4.30. The molecule has 1 aliphatic rings. The Morgan fingerprint density at radius 1 is 1.06 bits per heavy atom. The summed E-state index contributed by atoms with van der Waals surface area (Å²) in [5.41, 5.74) is 4.28. The van der Waals surface area contributed by atoms with Crippen LogP contribution in [0.1, 0.15) is 25.0 Å². The molecule has 0 fully saturated rings. The summed E-state index contributed by atoms with van der Waals surface area (Å²) in [5.74, 6) is 0.837. The van der Waals surface area contributed by atoms with Crippen molar-refractivity contribution in [2.45, 2.75) is 43.3 Å². The number of hydrogen-bond acceptors (Lipinski definition) is 5. The molecule has 0 aliphatic carbocycles. The first-order chi connectivity index (χ1) is 16.1. The van der Waals surface area contributed by atoms with Crippen molar-refractivity contribution in [3.05, 3.63) is 90.3 Å². The van der Waals surface area contributed by atoms with Crippen LogP contribution in [-0.2, 0) is 17.8 Å². The van der Waals surface area contributed by atoms with Gasteiger partial charge in [-0.3, -0.25) is 14.3 Å². The van der Waals surface area contributed by atoms with Crippen molar-refractivity contribution < 1.29 is 4.79 Å². The van der Waals surface area contributed by atoms with E-state index >= 15 is 0 Å². The quantitative estimate of drug-likeness (QED) is 0.389. The lowest BCUT2D eigenvalue weighted by atomic mass is 10.1. The molecular formula is C26H25N5OS. The average Bonchev–Trinajstić information content (AvgIpc) is 3.39. The van der Waals surface area contributed by atoms with Crippen molar-refractivity contribution in [2.24, 2.45) is 0 Å². The molecule has 1 amide bonds. The van der Waals surface area contributed by atoms with E-state index in [1.165, 1.54) is 17.3 Å². The van der Waals surface area contributed by atoms with Crippen LogP contribution in [0.5, 0.6) is 0 Å². The summed E-state index contributed by atoms with van der Waals surface area (Å²) in [6, 6.07) is 22.4. The van der Waals surface area contributed by atoms with E-state index in [-0.39, 0.29) is 17.2 Å². The van der Waals surface area contributed by atoms with Gasteiger partial charge in [0.25, 0.3) is 0 Å². The Labute approximate surface area is 197 Å². The maximum absolute atomic E-state index is 13.5. The third-order valence-corrected chi connectivity index (χ3v) is 6.96. The molecule has 0 radical (unpaired) electrons. The lowest BCUT2D eigenvalue weighted by Crippen LogP contribution is -2.40. The van der Waals surface area contributed by atoms with Crippen LogP contribution in [0.2, 0.25) is 0 Å². The summed E-state index contributed by atoms with van der Waals surface area (Å²) in [6.45, 7) is 4.67. The Kier molecular flexibility index (Phi) is 5.96. The molecule has 0 bridgehead atoms. The number of nitrogens with zero attached hydrogens (tertiary/aromatic N) is 5. The highest BCUT2D eigenvalue weighted by Crippen LogP contribution is 2.35. The molecule has 2 atom stereocenters. The van der Waals surface area contributed by atoms with E-state index in [1.54, 1.807) is 12.4 Å². The minimum atomic E-state index is -0.306. The van der Waals surface area contributed by atoms with E-state index in [0.717, 1.165) is 34.2 Å². The minimum Gasteiger partial charge on any atom is -0.308 e. The van der Waals surface area contributed by atoms with Crippen LogP contribution in [-0.4, -0.2) is 36.9 Å². The van der Waals surface area contributed by atoms with Gasteiger partial charge in [0, 0.05) is 29.7 Å². The number of benzene rings is 2. The smallest absolute Gasteiger partial charge is 0.240 e. The van der Waals surface area contributed by atoms with E-state index in [0.29, 0.717) is 6.54 Å². The topological polar surface area (TPSA) is 63.9 Å². The van der Waals surface area contributed by atoms with Gasteiger partial charge in [-0.15, -0.1) is 10.2 Å². The highest BCUT2D eigenvalue weighted by molar-refractivity contribution is 8.00. The second kappa shape index (κ2) is 9.19. The summed E-state index contributed by atoms with van der Waals surface area (Å²) in [4.78, 5) is 19.7. The minimum absolute atomic E-state index is 0.0923. The van der Waals surface area contributed by atoms with Gasteiger partial charge in [-0.05, 0) is 49.6 Å². The van der Waals surface area contributed by atoms with E-state index in [9.17, 15) is 4.79 Å². The second-order valence-electron chi connectivity index (χ2n) is 8.27. The summed E-state index contributed by atoms with van der Waals surface area (Å²) in [6.07, 6.45) is 4.42. The first-order valence-electron chi connectivity index (χ1n) is 11.1. The molecule has 5 rings (SSSR count). The van der Waals surface area contributed by atoms with Crippen molar-refractivity contribution >= 4 is 23.4 Å². The van der Waals surface area contributed by atoms with E-state index < -0.39 is 0 Å². The molecule has 0 N–H and O–H groups in total. The van der Waals surface area contributed by atoms with Gasteiger partial charge in [-0.1, -0.05) is 60.3 Å². The molecule has 3 heterocycles. The molecule has 0 saturated heterocycles. The van der Waals surface area contributed by atoms with Gasteiger partial charge in [0.05, 0.1) is 11.8 Å². The number of anilines is 1. The first kappa shape index (κ1) is 21.4. The summed E-state index contributed by atoms with van der Waals surface area (Å²) in [5, 5.41) is 9.36. The summed E-state index contributed by atoms with van der Waals surface area (Å²) in [7, 11) is 0. The Morgan fingerprint density at radius 2 is 1.85 bits per heavy atom. The van der Waals surface area contributed by atoms with Gasteiger partial charge in [-0.2, -0.15) is 0 Å². The number of para-hydroxylation sites is 1. The normalized spacial score (nSPS) is 15.9. The SMILES string of the molecule is CC(Sc1nnc(-c2cccnc2)n1Cc1ccccc1)C(=O)N1c2ccccc2CC1C. The van der Waals surface area contributed by atoms with Crippen molar-refractivity contribution in [3.8, 4) is 11.4 Å². The number of rotatable bonds is 6. The number of hydrogen-bond donors (Lipinski definition) is 0. The molecular weight excluding hydrogens is 430 g/mol. The molecule has 6 nitrogen and oxygen atoms in total. The van der Waals surface area contributed by atoms with Crippen LogP contribution in [0.4, 0.5) is 5.69 Å². The lowest BCUT2D eigenvalue weighted by molar-refractivity contribution is -0.118. The largest absolute Gasteiger partial charge is 0.308 e. The monoisotopic (exact) mass is 455 g/mol. The highest BCUT2D eigenvalue weighted by atomic mass is 32.2. The van der Waals surface area contributed by atoms with Crippen molar-refractivity contribution in [2.75, 3.05) is 4.90 Å². The number of aromatic nitrogens is 4. The maximum Gasteiger partial charge on any atom is 0.240 e. The van der Waals surface area contributed by atoms with Crippen LogP contribution in [0.25, 0.3) is 11.4 Å². The number of carbonyl (C=O) groups is 1. The third-order valence-electron chi connectivity index (χ3n) is 5.89. The highest BCUT2D eigenvalue weighted by Gasteiger charge is 2.34. The zero-order chi connectivity index (χ0) is 22.8. The predicted octanol–water partition coefficient (Wildman–Crippen LogP) is 4.85. The number of carbonyl (C=O) groups excluding carboxylic acids is 1. The van der Waals surface area contributed by atoms with Gasteiger partial charge in [0.1, 0.15) is 0 Å². The molecule has 0 spiro atoms. The lowest BCUT2D eigenvalue weighted by Gasteiger charge is -2.25. The fraction of sp³-hybridized carbons (Fsp3) is 0.231. The molecule has 2 aromatic heterocycles. The zero-order valence-corrected chi connectivity index (χ0v) is 19.4. The Morgan fingerprint density at radius 3 is 2.64 bits per heavy atom. The molecule has 7 heteroatoms. The molecule has 33 heavy (non-hydrogen) atoms. The van der Waals surface area contributed by atoms with Gasteiger partial charge in [-0.25, -0.2) is 0 Å². The average molecular weight is 456 g/mol. The fourth-order valence-corrected chi connectivity index (χ4v) is 5.20. The zero-order valence-electron chi connectivity index (χ0n) is 18.6. The molecule has 0 saturated carbocycles. The van der Waals surface area contributed by atoms with Crippen molar-refractivity contribution in [1.82, 2.24) is 19.7 Å². The molecule has 2 unspecified atom stereocenters. The van der Waals surface area contributed by atoms with Crippen LogP contribution in [0.3, 0.4) is 0 Å². The van der Waals surface area contributed by atoms with Crippen molar-refractivity contribution in [1.29, 1.82) is 0 Å². The molecule has 4 aromatic rings. The van der Waals surface area contributed by atoms with Gasteiger partial charge in [0.2, 0.25) is 5.91 Å². The number of fused-ring (bicyclic) bond motifs is 1. The molecule has 1 aliphatic heterocycles. The summed E-state index contributed by atoms with van der Waals surface area (Å²) >= 11 is 1.45. The number of amides is 1. The van der Waals surface area contributed by atoms with Crippen LogP contribution in [0, 0.1) is 0 Å². The van der Waals surface area contributed by atoms with Crippen molar-refractivity contribution in [3.63, 3.8) is 0 Å². The Hall–Kier alpha value is -3.45. The standard InChI is InChI=1S/C26H25N5OS/c1-18-15-21-11-6-7-13-23(21)31(18)25(32)19(2)33-26-29-28-24(22-12-8-14-27-16-22)30(26)17-20-9-4-3-5-10-20/h3-14,16,18-19H,15,17H2,1-2H3. The van der Waals surface area contributed by atoms with E-state index in [4.69, 9.17) is 0 Å². The van der Waals surface area contributed by atoms with Crippen LogP contribution >= 0.6 is 11.8 Å². The van der Waals surface area contributed by atoms with Crippen LogP contribution < -0.4 is 4.90 Å². The number of pyridine rings is 1. The molecule has 166 valence electrons. The Balaban J connectivity index is 1.44. The van der Waals surface area contributed by atoms with Gasteiger partial charge in [0.15, 0.2) is 11.0 Å². The van der Waals surface area contributed by atoms with E-state index in [1.807, 2.05) is 60.4 Å².